The van der Waals surface area contributed by atoms with E-state index in [0.717, 1.165) is 12.5 Å². The van der Waals surface area contributed by atoms with E-state index in [1.807, 2.05) is 0 Å². The molecule has 104 valence electrons. The summed E-state index contributed by atoms with van der Waals surface area (Å²) in [6, 6.07) is 4.94. The van der Waals surface area contributed by atoms with Crippen LogP contribution in [0.15, 0.2) is 18.2 Å². The molecular formula is C14H21N3O2. The van der Waals surface area contributed by atoms with Gasteiger partial charge in [-0.05, 0) is 37.0 Å². The molecule has 1 saturated carbocycles. The van der Waals surface area contributed by atoms with Crippen molar-refractivity contribution in [3.63, 3.8) is 0 Å². The average molecular weight is 263 g/mol. The Morgan fingerprint density at radius 2 is 2.16 bits per heavy atom. The van der Waals surface area contributed by atoms with E-state index in [-0.39, 0.29) is 5.91 Å². The maximum Gasteiger partial charge on any atom is 0.255 e. The Bertz CT molecular complexity index is 458. The molecule has 1 fully saturated rings. The molecule has 5 nitrogen and oxygen atoms in total. The van der Waals surface area contributed by atoms with Crippen LogP contribution >= 0.6 is 0 Å². The van der Waals surface area contributed by atoms with Crippen molar-refractivity contribution in [1.82, 2.24) is 4.90 Å². The van der Waals surface area contributed by atoms with Gasteiger partial charge in [-0.15, -0.1) is 0 Å². The van der Waals surface area contributed by atoms with Gasteiger partial charge in [-0.2, -0.15) is 0 Å². The number of anilines is 2. The molecule has 1 aromatic carbocycles. The highest BCUT2D eigenvalue weighted by Gasteiger charge is 2.21. The predicted octanol–water partition coefficient (Wildman–Crippen LogP) is 1.35. The number of amides is 1. The molecule has 1 aliphatic carbocycles. The number of ether oxygens (including phenoxy) is 1. The second kappa shape index (κ2) is 5.93. The number of nitrogens with zero attached hydrogens (tertiary/aromatic N) is 1. The van der Waals surface area contributed by atoms with E-state index in [0.29, 0.717) is 30.1 Å². The molecule has 1 aromatic rings. The van der Waals surface area contributed by atoms with Crippen LogP contribution < -0.4 is 11.5 Å². The third-order valence-corrected chi connectivity index (χ3v) is 3.27. The van der Waals surface area contributed by atoms with E-state index >= 15 is 0 Å². The van der Waals surface area contributed by atoms with Gasteiger partial charge in [0.15, 0.2) is 0 Å². The first kappa shape index (κ1) is 13.7. The topological polar surface area (TPSA) is 81.6 Å². The minimum absolute atomic E-state index is 0.104. The first-order valence-corrected chi connectivity index (χ1v) is 6.56. The van der Waals surface area contributed by atoms with Crippen LogP contribution in [0, 0.1) is 5.92 Å². The molecule has 1 aliphatic rings. The van der Waals surface area contributed by atoms with Crippen LogP contribution in [-0.2, 0) is 4.74 Å². The fourth-order valence-corrected chi connectivity index (χ4v) is 1.82. The zero-order chi connectivity index (χ0) is 13.8. The van der Waals surface area contributed by atoms with E-state index in [1.54, 1.807) is 30.1 Å². The molecule has 5 heteroatoms. The van der Waals surface area contributed by atoms with Gasteiger partial charge in [-0.1, -0.05) is 0 Å². The van der Waals surface area contributed by atoms with Crippen molar-refractivity contribution >= 4 is 17.3 Å². The maximum absolute atomic E-state index is 12.2. The molecule has 1 amide bonds. The lowest BCUT2D eigenvalue weighted by molar-refractivity contribution is 0.0682. The molecule has 0 aliphatic heterocycles. The van der Waals surface area contributed by atoms with E-state index in [2.05, 4.69) is 0 Å². The minimum atomic E-state index is -0.104. The summed E-state index contributed by atoms with van der Waals surface area (Å²) < 4.78 is 5.52. The summed E-state index contributed by atoms with van der Waals surface area (Å²) in [5.74, 6) is 0.640. The number of nitrogens with two attached hydrogens (primary N) is 2. The molecule has 0 heterocycles. The van der Waals surface area contributed by atoms with E-state index in [4.69, 9.17) is 16.2 Å². The second-order valence-corrected chi connectivity index (χ2v) is 5.09. The van der Waals surface area contributed by atoms with Crippen LogP contribution in [0.2, 0.25) is 0 Å². The zero-order valence-corrected chi connectivity index (χ0v) is 11.3. The summed E-state index contributed by atoms with van der Waals surface area (Å²) >= 11 is 0. The lowest BCUT2D eigenvalue weighted by Crippen LogP contribution is -2.30. The van der Waals surface area contributed by atoms with Crippen molar-refractivity contribution in [2.24, 2.45) is 5.92 Å². The summed E-state index contributed by atoms with van der Waals surface area (Å²) in [5.41, 5.74) is 12.9. The smallest absolute Gasteiger partial charge is 0.255 e. The third-order valence-electron chi connectivity index (χ3n) is 3.27. The van der Waals surface area contributed by atoms with Gasteiger partial charge < -0.3 is 21.1 Å². The Hall–Kier alpha value is -1.75. The standard InChI is InChI=1S/C14H21N3O2/c1-17(6-7-19-9-10-2-3-10)14(18)12-5-4-11(15)8-13(12)16/h4-5,8,10H,2-3,6-7,9,15-16H2,1H3. The highest BCUT2D eigenvalue weighted by Crippen LogP contribution is 2.28. The number of hydrogen-bond acceptors (Lipinski definition) is 4. The quantitative estimate of drug-likeness (QED) is 0.599. The minimum Gasteiger partial charge on any atom is -0.399 e. The highest BCUT2D eigenvalue weighted by molar-refractivity contribution is 5.99. The van der Waals surface area contributed by atoms with Crippen LogP contribution in [0.25, 0.3) is 0 Å². The molecule has 0 saturated heterocycles. The third kappa shape index (κ3) is 3.86. The lowest BCUT2D eigenvalue weighted by atomic mass is 10.1. The van der Waals surface area contributed by atoms with Gasteiger partial charge in [-0.3, -0.25) is 4.79 Å². The molecule has 2 rings (SSSR count). The number of benzene rings is 1. The maximum atomic E-state index is 12.2. The molecule has 0 bridgehead atoms. The number of rotatable bonds is 6. The van der Waals surface area contributed by atoms with Gasteiger partial charge in [0.25, 0.3) is 5.91 Å². The Morgan fingerprint density at radius 1 is 1.42 bits per heavy atom. The number of likely N-dealkylation sites (N-methyl/N-ethyl adjacent to an activating group) is 1. The SMILES string of the molecule is CN(CCOCC1CC1)C(=O)c1ccc(N)cc1N. The van der Waals surface area contributed by atoms with Gasteiger partial charge >= 0.3 is 0 Å². The summed E-state index contributed by atoms with van der Waals surface area (Å²) in [6.45, 7) is 1.94. The molecule has 0 spiro atoms. The van der Waals surface area contributed by atoms with Crippen molar-refractivity contribution in [2.45, 2.75) is 12.8 Å². The summed E-state index contributed by atoms with van der Waals surface area (Å²) in [7, 11) is 1.75. The Labute approximate surface area is 113 Å². The van der Waals surface area contributed by atoms with Crippen LogP contribution in [-0.4, -0.2) is 37.6 Å². The largest absolute Gasteiger partial charge is 0.399 e. The van der Waals surface area contributed by atoms with Crippen LogP contribution in [0.1, 0.15) is 23.2 Å². The Balaban J connectivity index is 1.83. The van der Waals surface area contributed by atoms with Crippen molar-refractivity contribution in [3.8, 4) is 0 Å². The van der Waals surface area contributed by atoms with E-state index < -0.39 is 0 Å². The van der Waals surface area contributed by atoms with Gasteiger partial charge in [0.1, 0.15) is 0 Å². The molecule has 0 atom stereocenters. The van der Waals surface area contributed by atoms with Gasteiger partial charge in [0, 0.05) is 31.6 Å². The summed E-state index contributed by atoms with van der Waals surface area (Å²) in [6.07, 6.45) is 2.55. The van der Waals surface area contributed by atoms with Crippen LogP contribution in [0.3, 0.4) is 0 Å². The Kier molecular flexibility index (Phi) is 4.27. The Morgan fingerprint density at radius 3 is 2.79 bits per heavy atom. The average Bonchev–Trinajstić information content (AvgIpc) is 3.17. The molecule has 19 heavy (non-hydrogen) atoms. The molecule has 0 radical (unpaired) electrons. The van der Waals surface area contributed by atoms with E-state index in [9.17, 15) is 4.79 Å². The highest BCUT2D eigenvalue weighted by atomic mass is 16.5. The first-order valence-electron chi connectivity index (χ1n) is 6.56. The second-order valence-electron chi connectivity index (χ2n) is 5.09. The first-order chi connectivity index (χ1) is 9.08. The van der Waals surface area contributed by atoms with Crippen LogP contribution in [0.5, 0.6) is 0 Å². The van der Waals surface area contributed by atoms with Crippen molar-refractivity contribution in [1.29, 1.82) is 0 Å². The number of nitrogen functional groups attached to an aromatic ring is 2. The lowest BCUT2D eigenvalue weighted by Gasteiger charge is -2.18. The van der Waals surface area contributed by atoms with Crippen molar-refractivity contribution < 1.29 is 9.53 Å². The fourth-order valence-electron chi connectivity index (χ4n) is 1.82. The molecule has 0 aromatic heterocycles. The van der Waals surface area contributed by atoms with Gasteiger partial charge in [-0.25, -0.2) is 0 Å². The van der Waals surface area contributed by atoms with Gasteiger partial charge in [0.05, 0.1) is 12.2 Å². The molecule has 4 N–H and O–H groups in total. The number of hydrogen-bond donors (Lipinski definition) is 2. The fraction of sp³-hybridized carbons (Fsp3) is 0.500. The van der Waals surface area contributed by atoms with Crippen molar-refractivity contribution in [2.75, 3.05) is 38.3 Å². The van der Waals surface area contributed by atoms with Crippen LogP contribution in [0.4, 0.5) is 11.4 Å². The summed E-state index contributed by atoms with van der Waals surface area (Å²) in [4.78, 5) is 13.8. The normalized spacial score (nSPS) is 14.4. The monoisotopic (exact) mass is 263 g/mol. The summed E-state index contributed by atoms with van der Waals surface area (Å²) in [5, 5.41) is 0. The van der Waals surface area contributed by atoms with Crippen molar-refractivity contribution in [3.05, 3.63) is 23.8 Å². The zero-order valence-electron chi connectivity index (χ0n) is 11.3. The molecular weight excluding hydrogens is 242 g/mol. The van der Waals surface area contributed by atoms with E-state index in [1.165, 1.54) is 12.8 Å². The predicted molar refractivity (Wildman–Crippen MR) is 75.8 cm³/mol. The number of carbonyl (C=O) groups excluding carboxylic acids is 1. The molecule has 0 unspecified atom stereocenters. The number of carbonyl (C=O) groups is 1. The van der Waals surface area contributed by atoms with Gasteiger partial charge in [0.2, 0.25) is 0 Å².